The van der Waals surface area contributed by atoms with Crippen molar-refractivity contribution in [3.8, 4) is 0 Å². The van der Waals surface area contributed by atoms with Gasteiger partial charge in [-0.2, -0.15) is 4.31 Å². The van der Waals surface area contributed by atoms with Gasteiger partial charge in [-0.3, -0.25) is 4.79 Å². The molecule has 0 saturated carbocycles. The third kappa shape index (κ3) is 4.57. The van der Waals surface area contributed by atoms with Crippen molar-refractivity contribution < 1.29 is 13.2 Å². The van der Waals surface area contributed by atoms with Crippen molar-refractivity contribution >= 4 is 39.4 Å². The van der Waals surface area contributed by atoms with Crippen molar-refractivity contribution in [3.05, 3.63) is 28.7 Å². The number of hydrogen-bond donors (Lipinski definition) is 3. The van der Waals surface area contributed by atoms with Gasteiger partial charge in [-0.15, -0.1) is 12.4 Å². The van der Waals surface area contributed by atoms with E-state index in [2.05, 4.69) is 9.97 Å². The van der Waals surface area contributed by atoms with Crippen LogP contribution in [0.1, 0.15) is 20.3 Å². The third-order valence-electron chi connectivity index (χ3n) is 4.72. The molecular formula is C17H26ClN5O4S. The molecule has 4 N–H and O–H groups in total. The second kappa shape index (κ2) is 8.64. The molecule has 1 atom stereocenters. The highest BCUT2D eigenvalue weighted by molar-refractivity contribution is 7.89. The first-order valence-corrected chi connectivity index (χ1v) is 10.4. The topological polar surface area (TPSA) is 132 Å². The van der Waals surface area contributed by atoms with Gasteiger partial charge < -0.3 is 20.6 Å². The number of amides is 1. The van der Waals surface area contributed by atoms with Crippen LogP contribution < -0.4 is 11.4 Å². The van der Waals surface area contributed by atoms with Gasteiger partial charge in [-0.1, -0.05) is 13.8 Å². The van der Waals surface area contributed by atoms with Crippen LogP contribution in [0.5, 0.6) is 0 Å². The number of nitrogens with one attached hydrogen (secondary N) is 2. The number of carbonyl (C=O) groups excluding carboxylic acids is 1. The number of sulfonamides is 1. The molecule has 1 saturated heterocycles. The molecule has 1 aromatic carbocycles. The molecule has 11 heteroatoms. The molecule has 28 heavy (non-hydrogen) atoms. The van der Waals surface area contributed by atoms with E-state index in [0.717, 1.165) is 0 Å². The summed E-state index contributed by atoms with van der Waals surface area (Å²) < 4.78 is 27.1. The molecule has 156 valence electrons. The number of hydrogen-bond acceptors (Lipinski definition) is 5. The van der Waals surface area contributed by atoms with E-state index in [-0.39, 0.29) is 42.0 Å². The van der Waals surface area contributed by atoms with Gasteiger partial charge in [-0.05, 0) is 30.5 Å². The fourth-order valence-corrected chi connectivity index (χ4v) is 4.76. The summed E-state index contributed by atoms with van der Waals surface area (Å²) in [5.74, 6) is 0.187. The molecular weight excluding hydrogens is 406 g/mol. The normalized spacial score (nSPS) is 16.9. The molecule has 0 unspecified atom stereocenters. The lowest BCUT2D eigenvalue weighted by atomic mass is 10.0. The van der Waals surface area contributed by atoms with Crippen molar-refractivity contribution in [1.29, 1.82) is 0 Å². The summed E-state index contributed by atoms with van der Waals surface area (Å²) >= 11 is 0. The minimum Gasteiger partial charge on any atom is -0.339 e. The van der Waals surface area contributed by atoms with Crippen LogP contribution in [0.25, 0.3) is 11.0 Å². The maximum absolute atomic E-state index is 12.9. The predicted octanol–water partition coefficient (Wildman–Crippen LogP) is 0.484. The molecule has 1 aromatic heterocycles. The Kier molecular flexibility index (Phi) is 6.92. The molecule has 1 aliphatic rings. The molecule has 0 spiro atoms. The highest BCUT2D eigenvalue weighted by atomic mass is 35.5. The van der Waals surface area contributed by atoms with Crippen LogP contribution in [0.2, 0.25) is 0 Å². The van der Waals surface area contributed by atoms with Crippen molar-refractivity contribution in [1.82, 2.24) is 19.2 Å². The van der Waals surface area contributed by atoms with Crippen LogP contribution in [0.4, 0.5) is 0 Å². The number of benzene rings is 1. The number of imidazole rings is 1. The lowest BCUT2D eigenvalue weighted by molar-refractivity contribution is -0.134. The molecule has 9 nitrogen and oxygen atoms in total. The number of carbonyl (C=O) groups is 1. The van der Waals surface area contributed by atoms with E-state index in [0.29, 0.717) is 36.5 Å². The number of nitrogens with two attached hydrogens (primary N) is 1. The molecule has 1 fully saturated rings. The van der Waals surface area contributed by atoms with Gasteiger partial charge in [-0.25, -0.2) is 13.2 Å². The number of halogens is 1. The van der Waals surface area contributed by atoms with Crippen molar-refractivity contribution in [2.24, 2.45) is 11.7 Å². The molecule has 0 radical (unpaired) electrons. The van der Waals surface area contributed by atoms with Crippen LogP contribution >= 0.6 is 12.4 Å². The molecule has 3 rings (SSSR count). The Morgan fingerprint density at radius 1 is 1.14 bits per heavy atom. The second-order valence-corrected chi connectivity index (χ2v) is 9.19. The van der Waals surface area contributed by atoms with E-state index >= 15 is 0 Å². The zero-order chi connectivity index (χ0) is 19.8. The minimum absolute atomic E-state index is 0. The van der Waals surface area contributed by atoms with E-state index in [1.54, 1.807) is 11.0 Å². The molecule has 0 bridgehead atoms. The van der Waals surface area contributed by atoms with E-state index in [1.165, 1.54) is 16.4 Å². The average Bonchev–Trinajstić information content (AvgIpc) is 2.99. The number of rotatable bonds is 5. The van der Waals surface area contributed by atoms with Crippen LogP contribution in [0, 0.1) is 5.92 Å². The maximum atomic E-state index is 12.9. The van der Waals surface area contributed by atoms with Crippen LogP contribution in [-0.2, 0) is 14.8 Å². The zero-order valence-corrected chi connectivity index (χ0v) is 17.5. The summed E-state index contributed by atoms with van der Waals surface area (Å²) in [6, 6.07) is 3.92. The fraction of sp³-hybridized carbons (Fsp3) is 0.529. The highest BCUT2D eigenvalue weighted by Crippen LogP contribution is 2.21. The van der Waals surface area contributed by atoms with Crippen LogP contribution in [0.15, 0.2) is 27.9 Å². The molecule has 2 aromatic rings. The Bertz CT molecular complexity index is 992. The Labute approximate surface area is 169 Å². The van der Waals surface area contributed by atoms with Gasteiger partial charge in [0.1, 0.15) is 0 Å². The summed E-state index contributed by atoms with van der Waals surface area (Å²) in [6.07, 6.45) is 0.603. The molecule has 1 aliphatic heterocycles. The van der Waals surface area contributed by atoms with Gasteiger partial charge in [0, 0.05) is 26.2 Å². The Hall–Kier alpha value is -1.88. The van der Waals surface area contributed by atoms with E-state index in [9.17, 15) is 18.0 Å². The fourth-order valence-electron chi connectivity index (χ4n) is 3.31. The number of aromatic amines is 2. The van der Waals surface area contributed by atoms with Gasteiger partial charge in [0.15, 0.2) is 0 Å². The second-order valence-electron chi connectivity index (χ2n) is 7.25. The van der Waals surface area contributed by atoms with Gasteiger partial charge in [0.25, 0.3) is 0 Å². The summed E-state index contributed by atoms with van der Waals surface area (Å²) in [5, 5.41) is 0. The number of piperazine rings is 1. The summed E-state index contributed by atoms with van der Waals surface area (Å²) in [7, 11) is -3.70. The first kappa shape index (κ1) is 22.4. The van der Waals surface area contributed by atoms with E-state index < -0.39 is 16.1 Å². The number of fused-ring (bicyclic) bond motifs is 1. The molecule has 1 amide bonds. The van der Waals surface area contributed by atoms with Gasteiger partial charge >= 0.3 is 5.69 Å². The zero-order valence-electron chi connectivity index (χ0n) is 15.8. The summed E-state index contributed by atoms with van der Waals surface area (Å²) in [4.78, 5) is 30.6. The monoisotopic (exact) mass is 431 g/mol. The van der Waals surface area contributed by atoms with Crippen molar-refractivity contribution in [2.75, 3.05) is 26.2 Å². The number of nitrogens with zero attached hydrogens (tertiary/aromatic N) is 2. The first-order chi connectivity index (χ1) is 12.7. The summed E-state index contributed by atoms with van der Waals surface area (Å²) in [6.45, 7) is 5.06. The van der Waals surface area contributed by atoms with Gasteiger partial charge in [0.05, 0.1) is 22.0 Å². The van der Waals surface area contributed by atoms with E-state index in [1.807, 2.05) is 13.8 Å². The van der Waals surface area contributed by atoms with Crippen molar-refractivity contribution in [2.45, 2.75) is 31.2 Å². The Balaban J connectivity index is 0.00000280. The van der Waals surface area contributed by atoms with Gasteiger partial charge in [0.2, 0.25) is 15.9 Å². The molecule has 2 heterocycles. The van der Waals surface area contributed by atoms with Crippen LogP contribution in [-0.4, -0.2) is 65.7 Å². The lowest BCUT2D eigenvalue weighted by Crippen LogP contribution is -2.54. The maximum Gasteiger partial charge on any atom is 0.323 e. The quantitative estimate of drug-likeness (QED) is 0.633. The SMILES string of the molecule is CC(C)C[C@H](N)C(=O)N1CCN(S(=O)(=O)c2ccc3[nH]c(=O)[nH]c3c2)CC1.Cl. The largest absolute Gasteiger partial charge is 0.339 e. The third-order valence-corrected chi connectivity index (χ3v) is 6.61. The lowest BCUT2D eigenvalue weighted by Gasteiger charge is -2.35. The summed E-state index contributed by atoms with van der Waals surface area (Å²) in [5.41, 5.74) is 6.56. The van der Waals surface area contributed by atoms with Crippen LogP contribution in [0.3, 0.4) is 0 Å². The average molecular weight is 432 g/mol. The smallest absolute Gasteiger partial charge is 0.323 e. The Morgan fingerprint density at radius 3 is 2.36 bits per heavy atom. The number of aromatic nitrogens is 2. The highest BCUT2D eigenvalue weighted by Gasteiger charge is 2.32. The number of H-pyrrole nitrogens is 2. The molecule has 0 aliphatic carbocycles. The minimum atomic E-state index is -3.70. The van der Waals surface area contributed by atoms with E-state index in [4.69, 9.17) is 5.73 Å². The standard InChI is InChI=1S/C17H25N5O4S.ClH/c1-11(2)9-13(18)16(23)21-5-7-22(8-6-21)27(25,26)12-3-4-14-15(10-12)20-17(24)19-14;/h3-4,10-11,13H,5-9,18H2,1-2H3,(H2,19,20,24);1H/t13-;/m0./s1. The first-order valence-electron chi connectivity index (χ1n) is 8.95. The van der Waals surface area contributed by atoms with Crippen molar-refractivity contribution in [3.63, 3.8) is 0 Å². The Morgan fingerprint density at radius 2 is 1.75 bits per heavy atom. The predicted molar refractivity (Wildman–Crippen MR) is 109 cm³/mol.